The van der Waals surface area contributed by atoms with Gasteiger partial charge < -0.3 is 10.5 Å². The number of ether oxygens (including phenoxy) is 1. The van der Waals surface area contributed by atoms with Crippen LogP contribution in [-0.4, -0.2) is 9.97 Å². The van der Waals surface area contributed by atoms with Gasteiger partial charge in [-0.05, 0) is 37.1 Å². The number of aromatic nitrogens is 2. The number of anilines is 1. The molecule has 0 bridgehead atoms. The van der Waals surface area contributed by atoms with Crippen LogP contribution in [0.2, 0.25) is 0 Å². The van der Waals surface area contributed by atoms with E-state index < -0.39 is 0 Å². The van der Waals surface area contributed by atoms with Gasteiger partial charge in [-0.25, -0.2) is 9.97 Å². The van der Waals surface area contributed by atoms with Crippen molar-refractivity contribution in [3.63, 3.8) is 0 Å². The summed E-state index contributed by atoms with van der Waals surface area (Å²) >= 11 is 0. The molecule has 4 heteroatoms. The maximum atomic E-state index is 5.54. The van der Waals surface area contributed by atoms with Crippen LogP contribution in [0.25, 0.3) is 0 Å². The van der Waals surface area contributed by atoms with Crippen molar-refractivity contribution in [2.45, 2.75) is 13.8 Å². The van der Waals surface area contributed by atoms with Crippen LogP contribution in [0.3, 0.4) is 0 Å². The quantitative estimate of drug-likeness (QED) is 0.835. The first-order chi connectivity index (χ1) is 7.65. The van der Waals surface area contributed by atoms with E-state index in [0.29, 0.717) is 11.7 Å². The predicted octanol–water partition coefficient (Wildman–Crippen LogP) is 2.47. The maximum absolute atomic E-state index is 5.54. The molecule has 1 heterocycles. The SMILES string of the molecule is Cc1ccc(Oc2cnc(N)cn2)cc1C. The molecule has 16 heavy (non-hydrogen) atoms. The summed E-state index contributed by atoms with van der Waals surface area (Å²) in [5.74, 6) is 1.58. The molecular weight excluding hydrogens is 202 g/mol. The summed E-state index contributed by atoms with van der Waals surface area (Å²) in [6.07, 6.45) is 2.97. The highest BCUT2D eigenvalue weighted by Crippen LogP contribution is 2.21. The van der Waals surface area contributed by atoms with Gasteiger partial charge in [0.1, 0.15) is 11.6 Å². The van der Waals surface area contributed by atoms with E-state index in [1.165, 1.54) is 23.5 Å². The minimum absolute atomic E-state index is 0.382. The highest BCUT2D eigenvalue weighted by atomic mass is 16.5. The van der Waals surface area contributed by atoms with Crippen LogP contribution in [0.4, 0.5) is 5.82 Å². The van der Waals surface area contributed by atoms with E-state index in [0.717, 1.165) is 5.75 Å². The molecule has 0 aliphatic carbocycles. The summed E-state index contributed by atoms with van der Waals surface area (Å²) in [6.45, 7) is 4.10. The highest BCUT2D eigenvalue weighted by molar-refractivity contribution is 5.36. The smallest absolute Gasteiger partial charge is 0.237 e. The van der Waals surface area contributed by atoms with Crippen LogP contribution in [0, 0.1) is 13.8 Å². The summed E-state index contributed by atoms with van der Waals surface area (Å²) in [5, 5.41) is 0. The number of aryl methyl sites for hydroxylation is 2. The summed E-state index contributed by atoms with van der Waals surface area (Å²) in [4.78, 5) is 7.92. The Balaban J connectivity index is 2.20. The second-order valence-corrected chi connectivity index (χ2v) is 3.63. The van der Waals surface area contributed by atoms with Gasteiger partial charge in [0.2, 0.25) is 5.88 Å². The van der Waals surface area contributed by atoms with Crippen molar-refractivity contribution in [1.82, 2.24) is 9.97 Å². The van der Waals surface area contributed by atoms with E-state index >= 15 is 0 Å². The zero-order chi connectivity index (χ0) is 11.5. The lowest BCUT2D eigenvalue weighted by Crippen LogP contribution is -1.94. The topological polar surface area (TPSA) is 61.0 Å². The Morgan fingerprint density at radius 3 is 2.50 bits per heavy atom. The molecule has 0 spiro atoms. The maximum Gasteiger partial charge on any atom is 0.237 e. The minimum atomic E-state index is 0.382. The van der Waals surface area contributed by atoms with E-state index in [1.807, 2.05) is 25.1 Å². The number of hydrogen-bond donors (Lipinski definition) is 1. The van der Waals surface area contributed by atoms with Crippen LogP contribution < -0.4 is 10.5 Å². The van der Waals surface area contributed by atoms with Gasteiger partial charge in [0, 0.05) is 0 Å². The molecule has 0 amide bonds. The van der Waals surface area contributed by atoms with E-state index in [4.69, 9.17) is 10.5 Å². The molecule has 0 saturated carbocycles. The van der Waals surface area contributed by atoms with Gasteiger partial charge in [0.05, 0.1) is 12.4 Å². The van der Waals surface area contributed by atoms with Gasteiger partial charge in [0.25, 0.3) is 0 Å². The van der Waals surface area contributed by atoms with Crippen molar-refractivity contribution >= 4 is 5.82 Å². The number of nitrogen functional groups attached to an aromatic ring is 1. The number of rotatable bonds is 2. The number of benzene rings is 1. The van der Waals surface area contributed by atoms with Gasteiger partial charge in [-0.15, -0.1) is 0 Å². The third kappa shape index (κ3) is 2.28. The first kappa shape index (κ1) is 10.4. The van der Waals surface area contributed by atoms with Crippen molar-refractivity contribution in [3.05, 3.63) is 41.7 Å². The van der Waals surface area contributed by atoms with Crippen molar-refractivity contribution < 1.29 is 4.74 Å². The fourth-order valence-corrected chi connectivity index (χ4v) is 1.28. The van der Waals surface area contributed by atoms with Gasteiger partial charge in [-0.1, -0.05) is 6.07 Å². The van der Waals surface area contributed by atoms with E-state index in [1.54, 1.807) is 0 Å². The van der Waals surface area contributed by atoms with Crippen LogP contribution in [0.5, 0.6) is 11.6 Å². The Hall–Kier alpha value is -2.10. The number of nitrogens with zero attached hydrogens (tertiary/aromatic N) is 2. The van der Waals surface area contributed by atoms with Crippen molar-refractivity contribution in [1.29, 1.82) is 0 Å². The van der Waals surface area contributed by atoms with Crippen LogP contribution in [0.15, 0.2) is 30.6 Å². The molecule has 1 aromatic heterocycles. The molecule has 0 fully saturated rings. The predicted molar refractivity (Wildman–Crippen MR) is 62.4 cm³/mol. The first-order valence-corrected chi connectivity index (χ1v) is 4.98. The fourth-order valence-electron chi connectivity index (χ4n) is 1.28. The molecule has 4 nitrogen and oxygen atoms in total. The third-order valence-corrected chi connectivity index (χ3v) is 2.35. The first-order valence-electron chi connectivity index (χ1n) is 4.98. The normalized spacial score (nSPS) is 10.1. The molecule has 82 valence electrons. The molecule has 0 aliphatic rings. The molecule has 0 radical (unpaired) electrons. The van der Waals surface area contributed by atoms with Gasteiger partial charge in [-0.2, -0.15) is 0 Å². The van der Waals surface area contributed by atoms with Crippen molar-refractivity contribution in [2.75, 3.05) is 5.73 Å². The zero-order valence-electron chi connectivity index (χ0n) is 9.27. The summed E-state index contributed by atoms with van der Waals surface area (Å²) in [5.41, 5.74) is 7.85. The summed E-state index contributed by atoms with van der Waals surface area (Å²) in [6, 6.07) is 5.88. The van der Waals surface area contributed by atoms with Crippen molar-refractivity contribution in [2.24, 2.45) is 0 Å². The Kier molecular flexibility index (Phi) is 2.72. The average molecular weight is 215 g/mol. The lowest BCUT2D eigenvalue weighted by atomic mass is 10.1. The number of nitrogens with two attached hydrogens (primary N) is 1. The standard InChI is InChI=1S/C12H13N3O/c1-8-3-4-10(5-9(8)2)16-12-7-14-11(13)6-15-12/h3-7H,1-2H3,(H2,13,14). The average Bonchev–Trinajstić information content (AvgIpc) is 2.27. The van der Waals surface area contributed by atoms with E-state index in [9.17, 15) is 0 Å². The molecule has 2 N–H and O–H groups in total. The lowest BCUT2D eigenvalue weighted by molar-refractivity contribution is 0.460. The number of hydrogen-bond acceptors (Lipinski definition) is 4. The minimum Gasteiger partial charge on any atom is -0.437 e. The Labute approximate surface area is 94.1 Å². The van der Waals surface area contributed by atoms with E-state index in [2.05, 4.69) is 16.9 Å². The fraction of sp³-hybridized carbons (Fsp3) is 0.167. The largest absolute Gasteiger partial charge is 0.437 e. The molecule has 0 aliphatic heterocycles. The van der Waals surface area contributed by atoms with Crippen LogP contribution >= 0.6 is 0 Å². The third-order valence-electron chi connectivity index (χ3n) is 2.35. The Morgan fingerprint density at radius 2 is 1.88 bits per heavy atom. The van der Waals surface area contributed by atoms with Crippen molar-refractivity contribution in [3.8, 4) is 11.6 Å². The monoisotopic (exact) mass is 215 g/mol. The van der Waals surface area contributed by atoms with Gasteiger partial charge >= 0.3 is 0 Å². The van der Waals surface area contributed by atoms with Gasteiger partial charge in [0.15, 0.2) is 0 Å². The second-order valence-electron chi connectivity index (χ2n) is 3.63. The molecule has 0 atom stereocenters. The molecule has 0 unspecified atom stereocenters. The van der Waals surface area contributed by atoms with Crippen LogP contribution in [-0.2, 0) is 0 Å². The molecular formula is C12H13N3O. The van der Waals surface area contributed by atoms with Crippen LogP contribution in [0.1, 0.15) is 11.1 Å². The molecule has 2 rings (SSSR count). The Morgan fingerprint density at radius 1 is 1.06 bits per heavy atom. The Bertz CT molecular complexity index is 494. The molecule has 1 aromatic carbocycles. The lowest BCUT2D eigenvalue weighted by Gasteiger charge is -2.06. The second kappa shape index (κ2) is 4.18. The summed E-state index contributed by atoms with van der Waals surface area (Å²) < 4.78 is 5.54. The van der Waals surface area contributed by atoms with Gasteiger partial charge in [-0.3, -0.25) is 0 Å². The molecule has 2 aromatic rings. The zero-order valence-corrected chi connectivity index (χ0v) is 9.27. The molecule has 0 saturated heterocycles. The van der Waals surface area contributed by atoms with E-state index in [-0.39, 0.29) is 0 Å². The summed E-state index contributed by atoms with van der Waals surface area (Å²) in [7, 11) is 0. The highest BCUT2D eigenvalue weighted by Gasteiger charge is 2.00.